The molecule has 2 aromatic carbocycles. The molecule has 5 heteroatoms. The maximum Gasteiger partial charge on any atom is 0.244 e. The fourth-order valence-corrected chi connectivity index (χ4v) is 2.37. The van der Waals surface area contributed by atoms with E-state index in [1.807, 2.05) is 29.2 Å². The van der Waals surface area contributed by atoms with Crippen LogP contribution in [0, 0.1) is 0 Å². The lowest BCUT2D eigenvalue weighted by Gasteiger charge is -2.31. The van der Waals surface area contributed by atoms with Crippen molar-refractivity contribution in [1.82, 2.24) is 0 Å². The molecule has 0 spiro atoms. The Morgan fingerprint density at radius 1 is 1.16 bits per heavy atom. The van der Waals surface area contributed by atoms with Gasteiger partial charge in [0, 0.05) is 5.02 Å². The fraction of sp³-hybridized carbons (Fsp3) is 0.0714. The number of nitrogens with one attached hydrogen (secondary N) is 1. The SMILES string of the molecule is Nc1ccc(Cl)cc1N1CC(=O)Nc2ccccc21. The molecule has 0 aliphatic carbocycles. The molecule has 19 heavy (non-hydrogen) atoms. The number of amides is 1. The van der Waals surface area contributed by atoms with E-state index in [0.717, 1.165) is 17.1 Å². The number of nitrogens with zero attached hydrogens (tertiary/aromatic N) is 1. The van der Waals surface area contributed by atoms with Gasteiger partial charge in [0.15, 0.2) is 0 Å². The molecular weight excluding hydrogens is 262 g/mol. The second-order valence-corrected chi connectivity index (χ2v) is 4.79. The van der Waals surface area contributed by atoms with Crippen molar-refractivity contribution in [2.75, 3.05) is 22.5 Å². The molecule has 0 unspecified atom stereocenters. The van der Waals surface area contributed by atoms with E-state index in [4.69, 9.17) is 17.3 Å². The van der Waals surface area contributed by atoms with E-state index in [1.165, 1.54) is 0 Å². The standard InChI is InChI=1S/C14H12ClN3O/c15-9-5-6-10(16)13(7-9)18-8-14(19)17-11-3-1-2-4-12(11)18/h1-7H,8,16H2,(H,17,19). The van der Waals surface area contributed by atoms with E-state index in [1.54, 1.807) is 18.2 Å². The number of hydrogen-bond acceptors (Lipinski definition) is 3. The largest absolute Gasteiger partial charge is 0.397 e. The summed E-state index contributed by atoms with van der Waals surface area (Å²) in [5.41, 5.74) is 9.02. The van der Waals surface area contributed by atoms with Gasteiger partial charge in [-0.3, -0.25) is 4.79 Å². The number of hydrogen-bond donors (Lipinski definition) is 2. The average Bonchev–Trinajstić information content (AvgIpc) is 2.40. The summed E-state index contributed by atoms with van der Waals surface area (Å²) in [6.45, 7) is 0.224. The first kappa shape index (κ1) is 11.9. The number of carbonyl (C=O) groups is 1. The Labute approximate surface area is 115 Å². The lowest BCUT2D eigenvalue weighted by atomic mass is 10.1. The van der Waals surface area contributed by atoms with Gasteiger partial charge in [0.05, 0.1) is 22.7 Å². The third kappa shape index (κ3) is 2.11. The molecule has 0 saturated carbocycles. The van der Waals surface area contributed by atoms with Gasteiger partial charge in [0.1, 0.15) is 6.54 Å². The Balaban J connectivity index is 2.15. The van der Waals surface area contributed by atoms with Crippen LogP contribution in [0.25, 0.3) is 0 Å². The predicted octanol–water partition coefficient (Wildman–Crippen LogP) is 3.01. The first-order chi connectivity index (χ1) is 9.15. The van der Waals surface area contributed by atoms with Crippen LogP contribution >= 0.6 is 11.6 Å². The number of halogens is 1. The van der Waals surface area contributed by atoms with E-state index >= 15 is 0 Å². The maximum atomic E-state index is 11.8. The molecule has 0 atom stereocenters. The molecule has 4 nitrogen and oxygen atoms in total. The third-order valence-corrected chi connectivity index (χ3v) is 3.29. The minimum Gasteiger partial charge on any atom is -0.397 e. The smallest absolute Gasteiger partial charge is 0.244 e. The molecule has 96 valence electrons. The molecule has 1 aliphatic heterocycles. The van der Waals surface area contributed by atoms with Crippen molar-refractivity contribution in [2.24, 2.45) is 0 Å². The Morgan fingerprint density at radius 3 is 2.79 bits per heavy atom. The summed E-state index contributed by atoms with van der Waals surface area (Å²) >= 11 is 6.02. The quantitative estimate of drug-likeness (QED) is 0.785. The molecule has 3 N–H and O–H groups in total. The third-order valence-electron chi connectivity index (χ3n) is 3.05. The van der Waals surface area contributed by atoms with Gasteiger partial charge < -0.3 is 16.0 Å². The highest BCUT2D eigenvalue weighted by Crippen LogP contribution is 2.38. The molecule has 0 radical (unpaired) electrons. The molecule has 0 aromatic heterocycles. The van der Waals surface area contributed by atoms with Gasteiger partial charge >= 0.3 is 0 Å². The van der Waals surface area contributed by atoms with Crippen molar-refractivity contribution >= 4 is 40.3 Å². The van der Waals surface area contributed by atoms with Gasteiger partial charge in [-0.15, -0.1) is 0 Å². The van der Waals surface area contributed by atoms with Crippen molar-refractivity contribution in [3.05, 3.63) is 47.5 Å². The second-order valence-electron chi connectivity index (χ2n) is 4.35. The van der Waals surface area contributed by atoms with E-state index < -0.39 is 0 Å². The number of carbonyl (C=O) groups excluding carboxylic acids is 1. The zero-order valence-electron chi connectivity index (χ0n) is 10.1. The van der Waals surface area contributed by atoms with Gasteiger partial charge in [-0.25, -0.2) is 0 Å². The summed E-state index contributed by atoms with van der Waals surface area (Å²) in [5.74, 6) is -0.0712. The monoisotopic (exact) mass is 273 g/mol. The summed E-state index contributed by atoms with van der Waals surface area (Å²) < 4.78 is 0. The minimum absolute atomic E-state index is 0.0712. The number of fused-ring (bicyclic) bond motifs is 1. The van der Waals surface area contributed by atoms with Crippen molar-refractivity contribution in [2.45, 2.75) is 0 Å². The van der Waals surface area contributed by atoms with Crippen LogP contribution in [0.4, 0.5) is 22.7 Å². The molecule has 0 fully saturated rings. The van der Waals surface area contributed by atoms with Gasteiger partial charge in [-0.2, -0.15) is 0 Å². The van der Waals surface area contributed by atoms with E-state index in [-0.39, 0.29) is 12.5 Å². The van der Waals surface area contributed by atoms with Crippen molar-refractivity contribution < 1.29 is 4.79 Å². The Morgan fingerprint density at radius 2 is 1.95 bits per heavy atom. The van der Waals surface area contributed by atoms with Gasteiger partial charge in [0.2, 0.25) is 5.91 Å². The molecule has 1 amide bonds. The zero-order chi connectivity index (χ0) is 13.4. The fourth-order valence-electron chi connectivity index (χ4n) is 2.20. The summed E-state index contributed by atoms with van der Waals surface area (Å²) in [7, 11) is 0. The van der Waals surface area contributed by atoms with Crippen LogP contribution in [0.3, 0.4) is 0 Å². The molecule has 1 heterocycles. The molecule has 2 aromatic rings. The van der Waals surface area contributed by atoms with E-state index in [2.05, 4.69) is 5.32 Å². The Hall–Kier alpha value is -2.20. The van der Waals surface area contributed by atoms with Crippen LogP contribution in [0.2, 0.25) is 5.02 Å². The van der Waals surface area contributed by atoms with Crippen molar-refractivity contribution in [3.8, 4) is 0 Å². The number of nitrogens with two attached hydrogens (primary N) is 1. The Bertz CT molecular complexity index is 657. The normalized spacial score (nSPS) is 13.9. The predicted molar refractivity (Wildman–Crippen MR) is 77.9 cm³/mol. The molecule has 3 rings (SSSR count). The zero-order valence-corrected chi connectivity index (χ0v) is 10.8. The van der Waals surface area contributed by atoms with E-state index in [0.29, 0.717) is 10.7 Å². The van der Waals surface area contributed by atoms with Crippen LogP contribution in [0.5, 0.6) is 0 Å². The number of anilines is 4. The summed E-state index contributed by atoms with van der Waals surface area (Å²) in [5, 5.41) is 3.43. The highest BCUT2D eigenvalue weighted by atomic mass is 35.5. The lowest BCUT2D eigenvalue weighted by molar-refractivity contribution is -0.115. The Kier molecular flexibility index (Phi) is 2.80. The number of rotatable bonds is 1. The number of para-hydroxylation sites is 2. The van der Waals surface area contributed by atoms with Crippen LogP contribution in [0.15, 0.2) is 42.5 Å². The topological polar surface area (TPSA) is 58.4 Å². The molecule has 0 saturated heterocycles. The highest BCUT2D eigenvalue weighted by molar-refractivity contribution is 6.31. The molecular formula is C14H12ClN3O. The maximum absolute atomic E-state index is 11.8. The molecule has 0 bridgehead atoms. The van der Waals surface area contributed by atoms with Crippen molar-refractivity contribution in [1.29, 1.82) is 0 Å². The van der Waals surface area contributed by atoms with Gasteiger partial charge in [-0.1, -0.05) is 23.7 Å². The van der Waals surface area contributed by atoms with Gasteiger partial charge in [-0.05, 0) is 30.3 Å². The number of nitrogen functional groups attached to an aromatic ring is 1. The van der Waals surface area contributed by atoms with Crippen molar-refractivity contribution in [3.63, 3.8) is 0 Å². The lowest BCUT2D eigenvalue weighted by Crippen LogP contribution is -2.35. The summed E-state index contributed by atoms with van der Waals surface area (Å²) in [6.07, 6.45) is 0. The number of benzene rings is 2. The molecule has 1 aliphatic rings. The second kappa shape index (κ2) is 4.48. The average molecular weight is 274 g/mol. The minimum atomic E-state index is -0.0712. The summed E-state index contributed by atoms with van der Waals surface area (Å²) in [6, 6.07) is 12.8. The first-order valence-corrected chi connectivity index (χ1v) is 6.24. The van der Waals surface area contributed by atoms with Gasteiger partial charge in [0.25, 0.3) is 0 Å². The van der Waals surface area contributed by atoms with Crippen LogP contribution < -0.4 is 16.0 Å². The summed E-state index contributed by atoms with van der Waals surface area (Å²) in [4.78, 5) is 13.6. The van der Waals surface area contributed by atoms with E-state index in [9.17, 15) is 4.79 Å². The van der Waals surface area contributed by atoms with Crippen LogP contribution in [0.1, 0.15) is 0 Å². The van der Waals surface area contributed by atoms with Crippen LogP contribution in [-0.2, 0) is 4.79 Å². The highest BCUT2D eigenvalue weighted by Gasteiger charge is 2.24. The first-order valence-electron chi connectivity index (χ1n) is 5.86. The van der Waals surface area contributed by atoms with Crippen LogP contribution in [-0.4, -0.2) is 12.5 Å².